The van der Waals surface area contributed by atoms with Gasteiger partial charge in [-0.3, -0.25) is 0 Å². The maximum atomic E-state index is 6.22. The Kier molecular flexibility index (Phi) is 6.38. The number of nitrogens with zero attached hydrogens (tertiary/aromatic N) is 2. The fourth-order valence-electron chi connectivity index (χ4n) is 7.38. The Hall–Kier alpha value is -4.64. The molecule has 3 heterocycles. The molecule has 0 aliphatic carbocycles. The molecule has 0 saturated heterocycles. The van der Waals surface area contributed by atoms with Crippen molar-refractivity contribution in [2.45, 2.75) is 59.3 Å². The van der Waals surface area contributed by atoms with Crippen molar-refractivity contribution in [3.8, 4) is 11.5 Å². The highest BCUT2D eigenvalue weighted by Crippen LogP contribution is 2.47. The molecule has 0 radical (unpaired) electrons. The molecule has 0 spiro atoms. The maximum absolute atomic E-state index is 6.22. The summed E-state index contributed by atoms with van der Waals surface area (Å²) in [5.41, 5.74) is 14.9. The molecule has 0 bridgehead atoms. The summed E-state index contributed by atoms with van der Waals surface area (Å²) in [6, 6.07) is 36.2. The standard InChI is InChI=1S/C41H41BN2O2/c1-26-21-35-39-36(22-26)44(29-11-9-8-10-12-29)34-25-38-37(45-19-20-46-38)24-32(34)42(39)31-23-28(41(5,6)7)15-18-33(31)43(35)30-16-13-27(14-17-30)40(2,3)4/h8-18,21-25H,19-20H2,1-7H3. The number of para-hydroxylation sites is 1. The first-order chi connectivity index (χ1) is 22.0. The zero-order valence-corrected chi connectivity index (χ0v) is 27.9. The van der Waals surface area contributed by atoms with Gasteiger partial charge in [-0.15, -0.1) is 0 Å². The van der Waals surface area contributed by atoms with E-state index in [0.717, 1.165) is 22.9 Å². The fraction of sp³-hybridized carbons (Fsp3) is 0.268. The zero-order chi connectivity index (χ0) is 32.0. The molecular formula is C41H41BN2O2. The minimum atomic E-state index is 0.00493. The van der Waals surface area contributed by atoms with E-state index in [1.54, 1.807) is 0 Å². The van der Waals surface area contributed by atoms with E-state index in [1.807, 2.05) is 0 Å². The van der Waals surface area contributed by atoms with Crippen LogP contribution >= 0.6 is 0 Å². The highest BCUT2D eigenvalue weighted by Gasteiger charge is 2.44. The topological polar surface area (TPSA) is 24.9 Å². The van der Waals surface area contributed by atoms with E-state index < -0.39 is 0 Å². The number of benzene rings is 5. The Morgan fingerprint density at radius 2 is 1.09 bits per heavy atom. The van der Waals surface area contributed by atoms with Crippen LogP contribution in [0.1, 0.15) is 58.2 Å². The monoisotopic (exact) mass is 604 g/mol. The number of ether oxygens (including phenoxy) is 2. The van der Waals surface area contributed by atoms with E-state index in [0.29, 0.717) is 13.2 Å². The van der Waals surface area contributed by atoms with Crippen LogP contribution in [0.2, 0.25) is 0 Å². The number of rotatable bonds is 2. The van der Waals surface area contributed by atoms with Crippen molar-refractivity contribution in [3.05, 3.63) is 114 Å². The Morgan fingerprint density at radius 3 is 1.72 bits per heavy atom. The van der Waals surface area contributed by atoms with Crippen LogP contribution in [0.25, 0.3) is 0 Å². The molecule has 0 saturated carbocycles. The van der Waals surface area contributed by atoms with Gasteiger partial charge in [-0.2, -0.15) is 0 Å². The van der Waals surface area contributed by atoms with Gasteiger partial charge in [0.05, 0.1) is 0 Å². The predicted molar refractivity (Wildman–Crippen MR) is 194 cm³/mol. The number of aryl methyl sites for hydroxylation is 1. The van der Waals surface area contributed by atoms with Gasteiger partial charge in [0.15, 0.2) is 11.5 Å². The Morgan fingerprint density at radius 1 is 0.543 bits per heavy atom. The summed E-state index contributed by atoms with van der Waals surface area (Å²) in [4.78, 5) is 4.91. The van der Waals surface area contributed by atoms with E-state index in [1.165, 1.54) is 55.8 Å². The van der Waals surface area contributed by atoms with Crippen LogP contribution in [0.5, 0.6) is 11.5 Å². The van der Waals surface area contributed by atoms with Crippen LogP contribution in [-0.2, 0) is 10.8 Å². The number of anilines is 6. The van der Waals surface area contributed by atoms with Crippen molar-refractivity contribution >= 4 is 57.2 Å². The van der Waals surface area contributed by atoms with Crippen LogP contribution in [0.3, 0.4) is 0 Å². The van der Waals surface area contributed by atoms with Gasteiger partial charge in [0.25, 0.3) is 6.71 Å². The second-order valence-electron chi connectivity index (χ2n) is 15.0. The lowest BCUT2D eigenvalue weighted by Gasteiger charge is -2.45. The van der Waals surface area contributed by atoms with Gasteiger partial charge in [-0.25, -0.2) is 0 Å². The number of hydrogen-bond donors (Lipinski definition) is 0. The molecule has 3 aliphatic rings. The van der Waals surface area contributed by atoms with Crippen LogP contribution in [0, 0.1) is 6.92 Å². The lowest BCUT2D eigenvalue weighted by Crippen LogP contribution is -2.61. The largest absolute Gasteiger partial charge is 0.486 e. The molecule has 4 nitrogen and oxygen atoms in total. The van der Waals surface area contributed by atoms with Crippen molar-refractivity contribution in [1.82, 2.24) is 0 Å². The van der Waals surface area contributed by atoms with Crippen molar-refractivity contribution in [1.29, 1.82) is 0 Å². The van der Waals surface area contributed by atoms with Crippen molar-refractivity contribution in [2.75, 3.05) is 23.0 Å². The van der Waals surface area contributed by atoms with Crippen LogP contribution < -0.4 is 35.7 Å². The number of hydrogen-bond acceptors (Lipinski definition) is 4. The van der Waals surface area contributed by atoms with Gasteiger partial charge < -0.3 is 19.3 Å². The Labute approximate surface area is 273 Å². The van der Waals surface area contributed by atoms with E-state index in [9.17, 15) is 0 Å². The SMILES string of the molecule is Cc1cc2c3c(c1)N(c1ccccc1)c1cc4c(cc1B3c1cc(C(C)(C)C)ccc1N2c1ccc(C(C)(C)C)cc1)OCCO4. The molecule has 0 atom stereocenters. The highest BCUT2D eigenvalue weighted by molar-refractivity contribution is 7.00. The molecule has 230 valence electrons. The predicted octanol–water partition coefficient (Wildman–Crippen LogP) is 8.44. The maximum Gasteiger partial charge on any atom is 0.252 e. The molecule has 46 heavy (non-hydrogen) atoms. The third-order valence-corrected chi connectivity index (χ3v) is 9.75. The molecule has 5 heteroatoms. The number of fused-ring (bicyclic) bond motifs is 5. The summed E-state index contributed by atoms with van der Waals surface area (Å²) in [6.45, 7) is 17.1. The third kappa shape index (κ3) is 4.51. The fourth-order valence-corrected chi connectivity index (χ4v) is 7.38. The molecule has 8 rings (SSSR count). The minimum Gasteiger partial charge on any atom is -0.486 e. The second-order valence-corrected chi connectivity index (χ2v) is 15.0. The van der Waals surface area contributed by atoms with E-state index in [4.69, 9.17) is 9.47 Å². The molecule has 0 unspecified atom stereocenters. The van der Waals surface area contributed by atoms with E-state index >= 15 is 0 Å². The molecule has 5 aromatic rings. The summed E-state index contributed by atoms with van der Waals surface area (Å²) in [6.07, 6.45) is 0. The van der Waals surface area contributed by atoms with Crippen LogP contribution in [0.15, 0.2) is 97.1 Å². The lowest BCUT2D eigenvalue weighted by atomic mass is 9.33. The summed E-state index contributed by atoms with van der Waals surface area (Å²) < 4.78 is 12.4. The average Bonchev–Trinajstić information content (AvgIpc) is 3.03. The normalized spacial score (nSPS) is 14.9. The quantitative estimate of drug-likeness (QED) is 0.185. The molecule has 0 amide bonds. The Balaban J connectivity index is 1.46. The highest BCUT2D eigenvalue weighted by atomic mass is 16.6. The third-order valence-electron chi connectivity index (χ3n) is 9.75. The average molecular weight is 605 g/mol. The lowest BCUT2D eigenvalue weighted by molar-refractivity contribution is 0.172. The first-order valence-electron chi connectivity index (χ1n) is 16.5. The Bertz CT molecular complexity index is 1990. The van der Waals surface area contributed by atoms with Gasteiger partial charge in [-0.05, 0) is 99.4 Å². The van der Waals surface area contributed by atoms with Gasteiger partial charge >= 0.3 is 0 Å². The van der Waals surface area contributed by atoms with Crippen molar-refractivity contribution in [2.24, 2.45) is 0 Å². The molecule has 0 N–H and O–H groups in total. The first kappa shape index (κ1) is 28.8. The second kappa shape index (κ2) is 10.2. The summed E-state index contributed by atoms with van der Waals surface area (Å²) >= 11 is 0. The van der Waals surface area contributed by atoms with Crippen molar-refractivity contribution < 1.29 is 9.47 Å². The van der Waals surface area contributed by atoms with E-state index in [2.05, 4.69) is 155 Å². The van der Waals surface area contributed by atoms with Gasteiger partial charge in [0, 0.05) is 40.2 Å². The van der Waals surface area contributed by atoms with Crippen LogP contribution in [-0.4, -0.2) is 19.9 Å². The molecule has 5 aromatic carbocycles. The molecule has 0 aromatic heterocycles. The summed E-state index contributed by atoms with van der Waals surface area (Å²) in [5, 5.41) is 0. The smallest absolute Gasteiger partial charge is 0.252 e. The van der Waals surface area contributed by atoms with Crippen LogP contribution in [0.4, 0.5) is 34.1 Å². The molecular weight excluding hydrogens is 563 g/mol. The summed E-state index contributed by atoms with van der Waals surface area (Å²) in [5.74, 6) is 1.63. The van der Waals surface area contributed by atoms with Gasteiger partial charge in [0.1, 0.15) is 13.2 Å². The van der Waals surface area contributed by atoms with E-state index in [-0.39, 0.29) is 17.5 Å². The van der Waals surface area contributed by atoms with Gasteiger partial charge in [0.2, 0.25) is 0 Å². The summed E-state index contributed by atoms with van der Waals surface area (Å²) in [7, 11) is 0. The zero-order valence-electron chi connectivity index (χ0n) is 27.9. The molecule has 0 fully saturated rings. The molecule has 3 aliphatic heterocycles. The van der Waals surface area contributed by atoms with Gasteiger partial charge in [-0.1, -0.05) is 84.0 Å². The van der Waals surface area contributed by atoms with Crippen molar-refractivity contribution in [3.63, 3.8) is 0 Å². The minimum absolute atomic E-state index is 0.00493. The first-order valence-corrected chi connectivity index (χ1v) is 16.5.